The zero-order valence-corrected chi connectivity index (χ0v) is 19.7. The van der Waals surface area contributed by atoms with E-state index < -0.39 is 16.7 Å². The zero-order chi connectivity index (χ0) is 22.8. The van der Waals surface area contributed by atoms with Crippen molar-refractivity contribution in [1.82, 2.24) is 9.97 Å². The quantitative estimate of drug-likeness (QED) is 0.464. The first kappa shape index (κ1) is 22.8. The largest absolute Gasteiger partial charge is 0.395 e. The number of hydrogen-bond donors (Lipinski definition) is 2. The number of nitriles is 1. The maximum Gasteiger partial charge on any atom is 0.117 e. The number of halogens is 2. The second-order valence-corrected chi connectivity index (χ2v) is 9.97. The summed E-state index contributed by atoms with van der Waals surface area (Å²) in [5, 5.41) is 20.4. The van der Waals surface area contributed by atoms with Crippen LogP contribution < -0.4 is 0 Å². The number of nitrogens with zero attached hydrogens (tertiary/aromatic N) is 2. The number of nitrogens with one attached hydrogen (secondary N) is 1. The fourth-order valence-electron chi connectivity index (χ4n) is 3.89. The molecule has 2 N–H and O–H groups in total. The van der Waals surface area contributed by atoms with Crippen LogP contribution >= 0.6 is 23.2 Å². The molecule has 1 heterocycles. The molecule has 4 rings (SSSR count). The van der Waals surface area contributed by atoms with Gasteiger partial charge in [-0.1, -0.05) is 54.4 Å². The van der Waals surface area contributed by atoms with E-state index in [4.69, 9.17) is 23.2 Å². The number of fused-ring (bicyclic) bond motifs is 1. The van der Waals surface area contributed by atoms with Gasteiger partial charge < -0.3 is 10.1 Å². The number of imidazole rings is 1. The smallest absolute Gasteiger partial charge is 0.117 e. The van der Waals surface area contributed by atoms with Crippen molar-refractivity contribution in [2.24, 2.45) is 0 Å². The maximum atomic E-state index is 12.0. The average Bonchev–Trinajstić information content (AvgIpc) is 3.23. The van der Waals surface area contributed by atoms with Gasteiger partial charge in [-0.2, -0.15) is 5.26 Å². The van der Waals surface area contributed by atoms with Crippen LogP contribution in [0.2, 0.25) is 10.0 Å². The van der Waals surface area contributed by atoms with Gasteiger partial charge in [0.15, 0.2) is 0 Å². The molecule has 0 radical (unpaired) electrons. The Bertz CT molecular complexity index is 1300. The predicted octanol–water partition coefficient (Wildman–Crippen LogP) is 5.75. The SMILES string of the molecule is CCS(=O)c1ccc(C(CO)c2nc3c(Cl)c(C4=C(C#N)CCC=C4)c(Cl)cc3[nH]2)cc1. The number of H-pyrrole nitrogens is 1. The number of aliphatic hydroxyl groups is 1. The molecule has 0 aliphatic heterocycles. The summed E-state index contributed by atoms with van der Waals surface area (Å²) in [5.74, 6) is 0.691. The van der Waals surface area contributed by atoms with E-state index in [2.05, 4.69) is 16.0 Å². The Kier molecular flexibility index (Phi) is 6.82. The lowest BCUT2D eigenvalue weighted by Gasteiger charge is -2.14. The van der Waals surface area contributed by atoms with E-state index in [1.165, 1.54) is 0 Å². The van der Waals surface area contributed by atoms with Crippen molar-refractivity contribution < 1.29 is 9.32 Å². The van der Waals surface area contributed by atoms with Crippen LogP contribution in [-0.2, 0) is 10.8 Å². The molecule has 0 amide bonds. The summed E-state index contributed by atoms with van der Waals surface area (Å²) in [5.41, 5.74) is 3.99. The highest BCUT2D eigenvalue weighted by molar-refractivity contribution is 7.85. The van der Waals surface area contributed by atoms with Crippen molar-refractivity contribution in [2.45, 2.75) is 30.6 Å². The van der Waals surface area contributed by atoms with Gasteiger partial charge in [-0.25, -0.2) is 4.98 Å². The Morgan fingerprint density at radius 3 is 2.72 bits per heavy atom. The number of benzene rings is 2. The van der Waals surface area contributed by atoms with Crippen LogP contribution in [0.3, 0.4) is 0 Å². The van der Waals surface area contributed by atoms with Crippen LogP contribution in [0, 0.1) is 11.3 Å². The van der Waals surface area contributed by atoms with Crippen molar-refractivity contribution in [3.05, 3.63) is 75.1 Å². The van der Waals surface area contributed by atoms with E-state index in [9.17, 15) is 14.6 Å². The van der Waals surface area contributed by atoms with Gasteiger partial charge in [-0.3, -0.25) is 4.21 Å². The number of allylic oxidation sites excluding steroid dienone is 4. The van der Waals surface area contributed by atoms with Crippen molar-refractivity contribution in [1.29, 1.82) is 5.26 Å². The minimum atomic E-state index is -1.04. The number of rotatable bonds is 6. The van der Waals surface area contributed by atoms with Crippen molar-refractivity contribution >= 4 is 50.6 Å². The fourth-order valence-corrected chi connectivity index (χ4v) is 5.37. The minimum Gasteiger partial charge on any atom is -0.395 e. The average molecular weight is 486 g/mol. The monoisotopic (exact) mass is 485 g/mol. The van der Waals surface area contributed by atoms with Crippen LogP contribution in [0.15, 0.2) is 53.0 Å². The molecular weight excluding hydrogens is 465 g/mol. The molecule has 2 aromatic carbocycles. The first-order valence-electron chi connectivity index (χ1n) is 10.2. The molecule has 5 nitrogen and oxygen atoms in total. The summed E-state index contributed by atoms with van der Waals surface area (Å²) in [7, 11) is -1.04. The van der Waals surface area contributed by atoms with Gasteiger partial charge in [0.05, 0.1) is 45.0 Å². The molecule has 0 spiro atoms. The highest BCUT2D eigenvalue weighted by atomic mass is 35.5. The fraction of sp³-hybridized carbons (Fsp3) is 0.250. The molecule has 0 bridgehead atoms. The van der Waals surface area contributed by atoms with E-state index in [0.29, 0.717) is 50.2 Å². The molecule has 164 valence electrons. The lowest BCUT2D eigenvalue weighted by atomic mass is 9.92. The van der Waals surface area contributed by atoms with Crippen LogP contribution in [0.25, 0.3) is 16.6 Å². The normalized spacial score (nSPS) is 15.7. The van der Waals surface area contributed by atoms with Gasteiger partial charge in [-0.05, 0) is 42.2 Å². The predicted molar refractivity (Wildman–Crippen MR) is 129 cm³/mol. The Labute approximate surface area is 198 Å². The Balaban J connectivity index is 1.79. The second kappa shape index (κ2) is 9.60. The van der Waals surface area contributed by atoms with Gasteiger partial charge >= 0.3 is 0 Å². The molecule has 1 aromatic heterocycles. The third-order valence-electron chi connectivity index (χ3n) is 5.58. The number of aromatic amines is 1. The first-order valence-corrected chi connectivity index (χ1v) is 12.3. The molecule has 1 aliphatic rings. The summed E-state index contributed by atoms with van der Waals surface area (Å²) in [4.78, 5) is 8.67. The summed E-state index contributed by atoms with van der Waals surface area (Å²) < 4.78 is 12.0. The third kappa shape index (κ3) is 4.14. The molecule has 2 unspecified atom stereocenters. The van der Waals surface area contributed by atoms with E-state index in [0.717, 1.165) is 22.5 Å². The van der Waals surface area contributed by atoms with Crippen molar-refractivity contribution in [3.63, 3.8) is 0 Å². The Morgan fingerprint density at radius 1 is 1.31 bits per heavy atom. The summed E-state index contributed by atoms with van der Waals surface area (Å²) in [6.45, 7) is 1.71. The molecule has 0 saturated carbocycles. The van der Waals surface area contributed by atoms with Crippen LogP contribution in [0.1, 0.15) is 42.6 Å². The molecule has 32 heavy (non-hydrogen) atoms. The first-order chi connectivity index (χ1) is 15.5. The molecule has 2 atom stereocenters. The topological polar surface area (TPSA) is 89.8 Å². The molecule has 1 aliphatic carbocycles. The lowest BCUT2D eigenvalue weighted by Crippen LogP contribution is -2.08. The van der Waals surface area contributed by atoms with Gasteiger partial charge in [0, 0.05) is 21.8 Å². The molecule has 0 fully saturated rings. The minimum absolute atomic E-state index is 0.166. The van der Waals surface area contributed by atoms with Crippen LogP contribution in [0.5, 0.6) is 0 Å². The molecule has 8 heteroatoms. The standard InChI is InChI=1S/C24H21Cl2N3O2S/c1-2-32(31)16-9-7-14(8-10-16)18(13-30)24-28-20-11-19(25)21(22(26)23(20)29-24)17-6-4-3-5-15(17)12-27/h4,6-11,18,30H,2-3,5,13H2,1H3,(H,28,29). The van der Waals surface area contributed by atoms with E-state index >= 15 is 0 Å². The summed E-state index contributed by atoms with van der Waals surface area (Å²) in [6.07, 6.45) is 5.33. The van der Waals surface area contributed by atoms with Crippen LogP contribution in [0.4, 0.5) is 0 Å². The molecule has 0 saturated heterocycles. The van der Waals surface area contributed by atoms with Gasteiger partial charge in [-0.15, -0.1) is 0 Å². The van der Waals surface area contributed by atoms with Gasteiger partial charge in [0.1, 0.15) is 11.3 Å². The summed E-state index contributed by atoms with van der Waals surface area (Å²) in [6, 6.07) is 11.3. The molecular formula is C24H21Cl2N3O2S. The number of hydrogen-bond acceptors (Lipinski definition) is 4. The van der Waals surface area contributed by atoms with E-state index in [1.54, 1.807) is 6.07 Å². The molecule has 3 aromatic rings. The lowest BCUT2D eigenvalue weighted by molar-refractivity contribution is 0.277. The maximum absolute atomic E-state index is 12.0. The second-order valence-electron chi connectivity index (χ2n) is 7.45. The number of aromatic nitrogens is 2. The number of aliphatic hydroxyl groups excluding tert-OH is 1. The highest BCUT2D eigenvalue weighted by Gasteiger charge is 2.23. The van der Waals surface area contributed by atoms with E-state index in [1.807, 2.05) is 43.3 Å². The summed E-state index contributed by atoms with van der Waals surface area (Å²) >= 11 is 13.3. The Morgan fingerprint density at radius 2 is 2.06 bits per heavy atom. The van der Waals surface area contributed by atoms with E-state index in [-0.39, 0.29) is 6.61 Å². The van der Waals surface area contributed by atoms with Gasteiger partial charge in [0.25, 0.3) is 0 Å². The van der Waals surface area contributed by atoms with Crippen molar-refractivity contribution in [2.75, 3.05) is 12.4 Å². The van der Waals surface area contributed by atoms with Crippen LogP contribution in [-0.4, -0.2) is 31.6 Å². The third-order valence-corrected chi connectivity index (χ3v) is 7.57. The zero-order valence-electron chi connectivity index (χ0n) is 17.4. The highest BCUT2D eigenvalue weighted by Crippen LogP contribution is 2.41. The van der Waals surface area contributed by atoms with Gasteiger partial charge in [0.2, 0.25) is 0 Å². The Hall–Kier alpha value is -2.43. The van der Waals surface area contributed by atoms with Crippen molar-refractivity contribution in [3.8, 4) is 6.07 Å².